The second-order valence-corrected chi connectivity index (χ2v) is 11.6. The van der Waals surface area contributed by atoms with Gasteiger partial charge in [0.05, 0.1) is 12.5 Å². The fourth-order valence-electron chi connectivity index (χ4n) is 5.31. The van der Waals surface area contributed by atoms with Crippen LogP contribution in [-0.2, 0) is 16.8 Å². The van der Waals surface area contributed by atoms with Crippen LogP contribution in [0.3, 0.4) is 0 Å². The van der Waals surface area contributed by atoms with Crippen LogP contribution in [0.25, 0.3) is 11.4 Å². The minimum absolute atomic E-state index is 0.0334. The Hall–Kier alpha value is -2.25. The number of carbonyl (C=O) groups is 1. The third-order valence-electron chi connectivity index (χ3n) is 7.40. The van der Waals surface area contributed by atoms with Crippen LogP contribution in [0.1, 0.15) is 71.3 Å². The molecule has 2 aliphatic heterocycles. The summed E-state index contributed by atoms with van der Waals surface area (Å²) in [5, 5.41) is 7.38. The number of hydrogen-bond donors (Lipinski definition) is 1. The summed E-state index contributed by atoms with van der Waals surface area (Å²) in [4.78, 5) is 22.2. The Morgan fingerprint density at radius 2 is 1.83 bits per heavy atom. The van der Waals surface area contributed by atoms with Gasteiger partial charge in [-0.1, -0.05) is 57.1 Å². The van der Waals surface area contributed by atoms with E-state index in [1.54, 1.807) is 0 Å². The third kappa shape index (κ3) is 7.37. The van der Waals surface area contributed by atoms with Crippen LogP contribution in [0.15, 0.2) is 28.8 Å². The molecule has 3 heterocycles. The molecule has 7 heteroatoms. The number of rotatable bonds is 8. The summed E-state index contributed by atoms with van der Waals surface area (Å²) in [6.07, 6.45) is 5.63. The normalized spacial score (nSPS) is 22.3. The molecule has 192 valence electrons. The predicted octanol–water partition coefficient (Wildman–Crippen LogP) is 4.48. The largest absolute Gasteiger partial charge is 0.356 e. The van der Waals surface area contributed by atoms with Crippen LogP contribution in [0.5, 0.6) is 0 Å². The number of nitrogens with one attached hydrogen (secondary N) is 1. The van der Waals surface area contributed by atoms with Gasteiger partial charge in [0.1, 0.15) is 0 Å². The van der Waals surface area contributed by atoms with E-state index >= 15 is 0 Å². The average molecular weight is 482 g/mol. The summed E-state index contributed by atoms with van der Waals surface area (Å²) < 4.78 is 5.55. The minimum atomic E-state index is 0.0334. The van der Waals surface area contributed by atoms with E-state index in [9.17, 15) is 4.79 Å². The Kier molecular flexibility index (Phi) is 8.60. The van der Waals surface area contributed by atoms with Crippen molar-refractivity contribution in [3.8, 4) is 11.4 Å². The molecule has 0 bridgehead atoms. The molecule has 0 saturated carbocycles. The lowest BCUT2D eigenvalue weighted by atomic mass is 9.87. The van der Waals surface area contributed by atoms with E-state index in [1.807, 2.05) is 0 Å². The van der Waals surface area contributed by atoms with Gasteiger partial charge in [-0.3, -0.25) is 9.69 Å². The predicted molar refractivity (Wildman–Crippen MR) is 139 cm³/mol. The van der Waals surface area contributed by atoms with Crippen LogP contribution >= 0.6 is 0 Å². The zero-order valence-electron chi connectivity index (χ0n) is 22.1. The first-order valence-corrected chi connectivity index (χ1v) is 13.4. The Bertz CT molecular complexity index is 949. The van der Waals surface area contributed by atoms with E-state index < -0.39 is 0 Å². The summed E-state index contributed by atoms with van der Waals surface area (Å²) >= 11 is 0. The summed E-state index contributed by atoms with van der Waals surface area (Å²) in [5.74, 6) is 2.25. The maximum absolute atomic E-state index is 12.8. The van der Waals surface area contributed by atoms with Crippen molar-refractivity contribution in [2.75, 3.05) is 39.3 Å². The van der Waals surface area contributed by atoms with Crippen molar-refractivity contribution in [2.24, 2.45) is 11.8 Å². The van der Waals surface area contributed by atoms with Crippen LogP contribution in [0, 0.1) is 11.8 Å². The van der Waals surface area contributed by atoms with Crippen LogP contribution in [-0.4, -0.2) is 65.1 Å². The molecule has 2 aromatic rings. The van der Waals surface area contributed by atoms with Crippen molar-refractivity contribution in [1.82, 2.24) is 25.3 Å². The Morgan fingerprint density at radius 3 is 2.57 bits per heavy atom. The zero-order chi connectivity index (χ0) is 24.8. The molecule has 0 spiro atoms. The molecule has 0 radical (unpaired) electrons. The van der Waals surface area contributed by atoms with Gasteiger partial charge in [-0.15, -0.1) is 0 Å². The molecule has 35 heavy (non-hydrogen) atoms. The van der Waals surface area contributed by atoms with Gasteiger partial charge in [0.15, 0.2) is 0 Å². The minimum Gasteiger partial charge on any atom is -0.356 e. The monoisotopic (exact) mass is 481 g/mol. The van der Waals surface area contributed by atoms with E-state index in [4.69, 9.17) is 4.52 Å². The summed E-state index contributed by atoms with van der Waals surface area (Å²) in [7, 11) is 0. The number of amides is 1. The van der Waals surface area contributed by atoms with Gasteiger partial charge in [0, 0.05) is 25.2 Å². The van der Waals surface area contributed by atoms with Gasteiger partial charge in [-0.05, 0) is 68.6 Å². The number of carbonyl (C=O) groups excluding carboxylic acids is 1. The summed E-state index contributed by atoms with van der Waals surface area (Å²) in [5.41, 5.74) is 2.36. The quantitative estimate of drug-likeness (QED) is 0.560. The topological polar surface area (TPSA) is 74.5 Å². The van der Waals surface area contributed by atoms with E-state index in [2.05, 4.69) is 77.2 Å². The molecule has 0 aliphatic carbocycles. The Balaban J connectivity index is 1.22. The molecule has 2 unspecified atom stereocenters. The maximum atomic E-state index is 12.8. The fraction of sp³-hybridized carbons (Fsp3) is 0.679. The SMILES string of the molecule is CC1CCCN(CCCNC(=O)C2CCCN(Cc3nc(-c4ccc(C(C)(C)C)cc4)no3)C2)C1. The number of aromatic nitrogens is 2. The molecule has 7 nitrogen and oxygen atoms in total. The molecule has 4 rings (SSSR count). The van der Waals surface area contributed by atoms with Crippen LogP contribution in [0.2, 0.25) is 0 Å². The zero-order valence-corrected chi connectivity index (χ0v) is 22.1. The number of nitrogens with zero attached hydrogens (tertiary/aromatic N) is 4. The van der Waals surface area contributed by atoms with Crippen molar-refractivity contribution in [2.45, 2.75) is 71.8 Å². The molecule has 1 aromatic heterocycles. The first kappa shape index (κ1) is 25.8. The smallest absolute Gasteiger partial charge is 0.241 e. The van der Waals surface area contributed by atoms with Crippen molar-refractivity contribution in [3.63, 3.8) is 0 Å². The molecular weight excluding hydrogens is 438 g/mol. The maximum Gasteiger partial charge on any atom is 0.241 e. The second-order valence-electron chi connectivity index (χ2n) is 11.6. The van der Waals surface area contributed by atoms with E-state index in [0.717, 1.165) is 56.9 Å². The van der Waals surface area contributed by atoms with E-state index in [0.29, 0.717) is 18.3 Å². The van der Waals surface area contributed by atoms with Gasteiger partial charge in [0.25, 0.3) is 0 Å². The van der Waals surface area contributed by atoms with E-state index in [-0.39, 0.29) is 17.2 Å². The van der Waals surface area contributed by atoms with Gasteiger partial charge in [-0.2, -0.15) is 4.98 Å². The molecule has 2 fully saturated rings. The second kappa shape index (κ2) is 11.7. The highest BCUT2D eigenvalue weighted by Crippen LogP contribution is 2.25. The van der Waals surface area contributed by atoms with Gasteiger partial charge in [0.2, 0.25) is 17.6 Å². The van der Waals surface area contributed by atoms with Crippen molar-refractivity contribution >= 4 is 5.91 Å². The standard InChI is InChI=1S/C28H43N5O2/c1-21-8-5-15-32(18-21)17-7-14-29-27(34)23-9-6-16-33(19-23)20-25-30-26(31-35-25)22-10-12-24(13-11-22)28(2,3)4/h10-13,21,23H,5-9,14-20H2,1-4H3,(H,29,34). The number of hydrogen-bond acceptors (Lipinski definition) is 6. The van der Waals surface area contributed by atoms with Crippen molar-refractivity contribution in [3.05, 3.63) is 35.7 Å². The Labute approximate surface area is 210 Å². The molecule has 1 N–H and O–H groups in total. The molecule has 1 amide bonds. The molecule has 1 aromatic carbocycles. The lowest BCUT2D eigenvalue weighted by molar-refractivity contribution is -0.126. The van der Waals surface area contributed by atoms with Gasteiger partial charge >= 0.3 is 0 Å². The van der Waals surface area contributed by atoms with Gasteiger partial charge < -0.3 is 14.7 Å². The summed E-state index contributed by atoms with van der Waals surface area (Å²) in [6, 6.07) is 8.38. The number of likely N-dealkylation sites (tertiary alicyclic amines) is 2. The molecule has 2 aliphatic rings. The lowest BCUT2D eigenvalue weighted by Crippen LogP contribution is -2.43. The highest BCUT2D eigenvalue weighted by Gasteiger charge is 2.27. The molecule has 2 saturated heterocycles. The average Bonchev–Trinajstić information content (AvgIpc) is 3.30. The van der Waals surface area contributed by atoms with Crippen LogP contribution < -0.4 is 5.32 Å². The van der Waals surface area contributed by atoms with Gasteiger partial charge in [-0.25, -0.2) is 0 Å². The highest BCUT2D eigenvalue weighted by molar-refractivity contribution is 5.78. The van der Waals surface area contributed by atoms with E-state index in [1.165, 1.54) is 31.5 Å². The highest BCUT2D eigenvalue weighted by atomic mass is 16.5. The molecule has 2 atom stereocenters. The number of piperidine rings is 2. The third-order valence-corrected chi connectivity index (χ3v) is 7.40. The summed E-state index contributed by atoms with van der Waals surface area (Å²) in [6.45, 7) is 15.5. The first-order valence-electron chi connectivity index (χ1n) is 13.4. The number of benzene rings is 1. The fourth-order valence-corrected chi connectivity index (χ4v) is 5.31. The Morgan fingerprint density at radius 1 is 1.09 bits per heavy atom. The van der Waals surface area contributed by atoms with Crippen LogP contribution in [0.4, 0.5) is 0 Å². The lowest BCUT2D eigenvalue weighted by Gasteiger charge is -2.31. The van der Waals surface area contributed by atoms with Crippen molar-refractivity contribution < 1.29 is 9.32 Å². The van der Waals surface area contributed by atoms with Crippen molar-refractivity contribution in [1.29, 1.82) is 0 Å². The molecular formula is C28H43N5O2. The first-order chi connectivity index (χ1) is 16.8.